The van der Waals surface area contributed by atoms with Gasteiger partial charge in [0.15, 0.2) is 7.83 Å². The van der Waals surface area contributed by atoms with Crippen LogP contribution in [0.1, 0.15) is 216 Å². The monoisotopic (exact) mass is 2180 g/mol. The van der Waals surface area contributed by atoms with Crippen LogP contribution in [0.3, 0.4) is 0 Å². The van der Waals surface area contributed by atoms with Crippen molar-refractivity contribution in [3.05, 3.63) is 94.1 Å². The summed E-state index contributed by atoms with van der Waals surface area (Å²) in [6.45, 7) is 75.6. The van der Waals surface area contributed by atoms with E-state index in [-0.39, 0.29) is 0 Å². The maximum absolute atomic E-state index is 5.51. The van der Waals surface area contributed by atoms with Crippen molar-refractivity contribution < 1.29 is 0 Å². The molecule has 11 nitrogen and oxygen atoms in total. The van der Waals surface area contributed by atoms with Crippen LogP contribution in [0.25, 0.3) is 70.1 Å². The molecule has 0 aliphatic carbocycles. The Labute approximate surface area is 776 Å². The van der Waals surface area contributed by atoms with E-state index in [9.17, 15) is 0 Å². The number of thiol groups is 1. The van der Waals surface area contributed by atoms with Gasteiger partial charge in [0.05, 0.1) is 111 Å². The summed E-state index contributed by atoms with van der Waals surface area (Å²) < 4.78 is 19.3. The Kier molecular flexibility index (Phi) is 39.2. The van der Waals surface area contributed by atoms with Crippen LogP contribution < -0.4 is 18.5 Å². The van der Waals surface area contributed by atoms with E-state index >= 15 is 0 Å². The van der Waals surface area contributed by atoms with E-state index in [0.717, 1.165) is 47.0 Å². The van der Waals surface area contributed by atoms with Gasteiger partial charge >= 0.3 is 24.8 Å². The molecular formula is C80H115BBr6N11S11Si4. The Bertz CT molecular complexity index is 4700. The zero-order valence-corrected chi connectivity index (χ0v) is 94.3. The van der Waals surface area contributed by atoms with Gasteiger partial charge in [-0.1, -0.05) is 177 Å². The average Bonchev–Trinajstić information content (AvgIpc) is 1.56. The van der Waals surface area contributed by atoms with Crippen molar-refractivity contribution in [2.75, 3.05) is 0 Å². The fourth-order valence-electron chi connectivity index (χ4n) is 17.6. The van der Waals surface area contributed by atoms with E-state index in [4.69, 9.17) is 19.9 Å². The summed E-state index contributed by atoms with van der Waals surface area (Å²) in [5, 5.41) is 0. The fraction of sp³-hybridized carbons (Fsp3) is 0.550. The molecule has 0 saturated carbocycles. The first-order valence-corrected chi connectivity index (χ1v) is 60.9. The molecule has 0 atom stereocenters. The minimum Gasteiger partial charge on any atom is -0.252 e. The van der Waals surface area contributed by atoms with Crippen molar-refractivity contribution in [1.82, 2.24) is 49.8 Å². The molecule has 12 aromatic rings. The molecule has 1 radical (unpaired) electrons. The van der Waals surface area contributed by atoms with Gasteiger partial charge in [-0.05, 0) is 240 Å². The summed E-state index contributed by atoms with van der Waals surface area (Å²) in [5.74, 6) is 0. The average molecular weight is 2190 g/mol. The van der Waals surface area contributed by atoms with Gasteiger partial charge in [-0.15, -0.1) is 113 Å². The molecule has 617 valence electrons. The third-order valence-electron chi connectivity index (χ3n) is 23.1. The largest absolute Gasteiger partial charge is 0.252 e. The Morgan fingerprint density at radius 1 is 0.327 bits per heavy atom. The number of benzene rings is 2. The summed E-state index contributed by atoms with van der Waals surface area (Å²) in [4.78, 5) is 53.8. The van der Waals surface area contributed by atoms with Crippen LogP contribution in [-0.4, -0.2) is 89.8 Å². The number of hydrogen-bond acceptors (Lipinski definition) is 22. The topological polar surface area (TPSA) is 141 Å². The number of allylic oxidation sites excluding steroid dienone is 2. The van der Waals surface area contributed by atoms with Crippen molar-refractivity contribution in [2.24, 2.45) is 4.30 Å². The first-order valence-electron chi connectivity index (χ1n) is 38.4. The number of hydrogen-bond donors (Lipinski definition) is 1. The zero-order valence-electron chi connectivity index (χ0n) is 71.7. The molecule has 0 fully saturated rings. The molecule has 0 bridgehead atoms. The Hall–Kier alpha value is -0.518. The second-order valence-electron chi connectivity index (χ2n) is 32.8. The van der Waals surface area contributed by atoms with Crippen molar-refractivity contribution in [1.29, 1.82) is 0 Å². The van der Waals surface area contributed by atoms with Crippen LogP contribution in [0.4, 0.5) is 0 Å². The van der Waals surface area contributed by atoms with Crippen LogP contribution >= 0.6 is 222 Å². The zero-order chi connectivity index (χ0) is 85.3. The third-order valence-corrected chi connectivity index (χ3v) is 68.8. The predicted octanol–water partition coefficient (Wildman–Crippen LogP) is 32.5. The number of thiazole rings is 10. The van der Waals surface area contributed by atoms with E-state index in [1.807, 2.05) is 79.8 Å². The van der Waals surface area contributed by atoms with Crippen molar-refractivity contribution in [3.8, 4) is 29.3 Å². The summed E-state index contributed by atoms with van der Waals surface area (Å²) in [5.41, 5.74) is 27.9. The maximum atomic E-state index is 5.51. The number of fused-ring (bicyclic) bond motifs is 6. The minimum atomic E-state index is -1.80. The second kappa shape index (κ2) is 43.7. The maximum Gasteiger partial charge on any atom is 0.0798 e. The fourth-order valence-corrected chi connectivity index (χ4v) is 66.5. The van der Waals surface area contributed by atoms with Gasteiger partial charge in [0.1, 0.15) is 50.7 Å². The van der Waals surface area contributed by atoms with E-state index in [1.54, 1.807) is 68.0 Å². The first kappa shape index (κ1) is 101. The number of halogens is 6. The van der Waals surface area contributed by atoms with Crippen LogP contribution in [0.15, 0.2) is 76.1 Å². The number of aryl methyl sites for hydroxylation is 4. The third kappa shape index (κ3) is 21.5. The minimum absolute atomic E-state index is 0.650. The van der Waals surface area contributed by atoms with Gasteiger partial charge < -0.3 is 0 Å². The van der Waals surface area contributed by atoms with Gasteiger partial charge in [-0.2, -0.15) is 0 Å². The molecule has 0 saturated heterocycles. The van der Waals surface area contributed by atoms with E-state index in [0.29, 0.717) is 66.5 Å². The standard InChI is InChI=1S/C28H48N2S2Si2.C24H42Br2N2S2Si2.C10H6Br2N2S2.C6H2Br2N2S2.C6H4N2S2.C6H12.BHNS/c1-15(2)33(16(3)4,17(5)6)27-29-23-21(13)22(14)24-26(25(23)31-27)32-28(30-24)34(18(7)8,19(9)10)20(11)12;1-13(2)31(14(3)4,15(5)6)23-27-21(25)19(29-23)20-22(26)28-24(30-20)32(16(7)8,17(9)10)18(11)12;1-3-4(2)6-8(16-10(12)14-6)7-5(3)13-9(11)15-7;7-5-3(11-1-9-5)4-6(8)10-2-12-4;1-5(9-3-7-1)6-2-8-4-10-6;1-5(2)6(3)4;1-2-3/h15-20H,1-14H3;13-18H,1-12H3;1-2H3;1-2H;1-4H;1-4H3;3H. The molecule has 0 aliphatic heterocycles. The van der Waals surface area contributed by atoms with Crippen LogP contribution in [-0.2, 0) is 0 Å². The van der Waals surface area contributed by atoms with Crippen LogP contribution in [0.2, 0.25) is 66.5 Å². The Morgan fingerprint density at radius 2 is 0.558 bits per heavy atom. The molecule has 0 spiro atoms. The Balaban J connectivity index is 0.000000227. The molecule has 2 aromatic carbocycles. The molecule has 0 unspecified atom stereocenters. The van der Waals surface area contributed by atoms with Gasteiger partial charge in [-0.25, -0.2) is 39.9 Å². The summed E-state index contributed by atoms with van der Waals surface area (Å²) in [6.07, 6.45) is 3.72. The van der Waals surface area contributed by atoms with Crippen LogP contribution in [0.5, 0.6) is 0 Å². The number of rotatable bonds is 19. The van der Waals surface area contributed by atoms with Gasteiger partial charge in [-0.3, -0.25) is 9.97 Å². The Morgan fingerprint density at radius 3 is 0.761 bits per heavy atom. The molecule has 33 heteroatoms. The number of nitrogens with zero attached hydrogens (tertiary/aromatic N) is 11. The summed E-state index contributed by atoms with van der Waals surface area (Å²) in [7, 11) is -2.84. The molecule has 0 aliphatic rings. The van der Waals surface area contributed by atoms with E-state index in [1.165, 1.54) is 101 Å². The van der Waals surface area contributed by atoms with Gasteiger partial charge in [0.2, 0.25) is 0 Å². The predicted molar refractivity (Wildman–Crippen MR) is 550 cm³/mol. The number of aromatic nitrogens is 10. The van der Waals surface area contributed by atoms with Crippen LogP contribution in [0, 0.1) is 27.7 Å². The van der Waals surface area contributed by atoms with Crippen molar-refractivity contribution in [2.45, 2.75) is 288 Å². The quantitative estimate of drug-likeness (QED) is 0.0472. The molecule has 113 heavy (non-hydrogen) atoms. The molecule has 0 N–H and O–H groups in total. The molecule has 10 heterocycles. The summed E-state index contributed by atoms with van der Waals surface area (Å²) in [6, 6.07) is 0. The molecule has 10 aromatic heterocycles. The smallest absolute Gasteiger partial charge is 0.0798 e. The molecular weight excluding hydrogens is 2070 g/mol. The van der Waals surface area contributed by atoms with Gasteiger partial charge in [0.25, 0.3) is 0 Å². The first-order chi connectivity index (χ1) is 52.7. The van der Waals surface area contributed by atoms with Crippen molar-refractivity contribution >= 4 is 321 Å². The molecule has 12 rings (SSSR count). The second-order valence-corrected chi connectivity index (χ2v) is 72.8. The van der Waals surface area contributed by atoms with Gasteiger partial charge in [0, 0.05) is 12.4 Å². The SMILES string of the molecule is Brc1ncsc1-c1scnc1Br.CC(C)=C(C)C.CC(C)[Si](c1nc(Br)c(-c2sc([Si](C(C)C)(C(C)C)C(C)C)nc2Br)s1)(C(C)C)C(C)C.Cc1c(C)c2nc(Br)sc2c2sc(Br)nc12.Cc1c(C)c2nc([Si](C(C)C)(C(C)C)C(C)C)sc2c2sc([Si](C(C)C)(C(C)C)C(C)C)nc12.[B]=NS.c1ncc(-c2cncs2)s1. The summed E-state index contributed by atoms with van der Waals surface area (Å²) >= 11 is 42.3. The molecule has 0 amide bonds. The van der Waals surface area contributed by atoms with Crippen molar-refractivity contribution in [3.63, 3.8) is 0 Å². The normalized spacial score (nSPS) is 12.3. The van der Waals surface area contributed by atoms with E-state index in [2.05, 4.69) is 372 Å². The van der Waals surface area contributed by atoms with E-state index < -0.39 is 32.3 Å².